The first-order chi connectivity index (χ1) is 6.72. The number of rotatable bonds is 4. The van der Waals surface area contributed by atoms with E-state index in [9.17, 15) is 4.79 Å². The van der Waals surface area contributed by atoms with Crippen LogP contribution in [0, 0.1) is 6.92 Å². The van der Waals surface area contributed by atoms with Gasteiger partial charge in [-0.1, -0.05) is 0 Å². The van der Waals surface area contributed by atoms with E-state index in [2.05, 4.69) is 0 Å². The second-order valence-electron chi connectivity index (χ2n) is 2.91. The Balaban J connectivity index is 3.17. The van der Waals surface area contributed by atoms with Crippen LogP contribution in [0.1, 0.15) is 22.8 Å². The van der Waals surface area contributed by atoms with Crippen LogP contribution in [-0.4, -0.2) is 20.0 Å². The zero-order valence-corrected chi connectivity index (χ0v) is 8.66. The minimum Gasteiger partial charge on any atom is -0.496 e. The molecule has 1 aromatic rings. The molecule has 0 bridgehead atoms. The Kier molecular flexibility index (Phi) is 3.51. The second-order valence-corrected chi connectivity index (χ2v) is 2.91. The Morgan fingerprint density at radius 1 is 1.36 bits per heavy atom. The molecule has 0 aliphatic carbocycles. The fourth-order valence-corrected chi connectivity index (χ4v) is 1.28. The van der Waals surface area contributed by atoms with Crippen LogP contribution in [0.25, 0.3) is 0 Å². The van der Waals surface area contributed by atoms with Crippen LogP contribution in [0.5, 0.6) is 11.5 Å². The van der Waals surface area contributed by atoms with Gasteiger partial charge in [0.15, 0.2) is 6.29 Å². The van der Waals surface area contributed by atoms with Crippen molar-refractivity contribution < 1.29 is 14.3 Å². The summed E-state index contributed by atoms with van der Waals surface area (Å²) in [5, 5.41) is 0. The molecule has 14 heavy (non-hydrogen) atoms. The first-order valence-electron chi connectivity index (χ1n) is 4.49. The van der Waals surface area contributed by atoms with Gasteiger partial charge in [0.2, 0.25) is 0 Å². The number of aldehydes is 1. The maximum Gasteiger partial charge on any atom is 0.153 e. The Morgan fingerprint density at radius 3 is 2.57 bits per heavy atom. The summed E-state index contributed by atoms with van der Waals surface area (Å²) in [6.07, 6.45) is 0.789. The summed E-state index contributed by atoms with van der Waals surface area (Å²) >= 11 is 0. The monoisotopic (exact) mass is 194 g/mol. The highest BCUT2D eigenvalue weighted by Gasteiger charge is 2.07. The van der Waals surface area contributed by atoms with E-state index in [-0.39, 0.29) is 0 Å². The molecule has 0 aliphatic rings. The van der Waals surface area contributed by atoms with E-state index in [1.807, 2.05) is 13.8 Å². The van der Waals surface area contributed by atoms with Crippen LogP contribution in [0.15, 0.2) is 12.1 Å². The van der Waals surface area contributed by atoms with Crippen molar-refractivity contribution in [2.45, 2.75) is 13.8 Å². The molecular weight excluding hydrogens is 180 g/mol. The summed E-state index contributed by atoms with van der Waals surface area (Å²) in [4.78, 5) is 10.7. The first-order valence-corrected chi connectivity index (χ1v) is 4.49. The second kappa shape index (κ2) is 4.65. The van der Waals surface area contributed by atoms with Crippen molar-refractivity contribution in [3.8, 4) is 11.5 Å². The van der Waals surface area contributed by atoms with Crippen molar-refractivity contribution in [1.29, 1.82) is 0 Å². The Bertz CT molecular complexity index is 332. The number of carbonyl (C=O) groups excluding carboxylic acids is 1. The van der Waals surface area contributed by atoms with E-state index in [0.717, 1.165) is 17.6 Å². The zero-order valence-electron chi connectivity index (χ0n) is 8.66. The number of methoxy groups -OCH3 is 1. The summed E-state index contributed by atoms with van der Waals surface area (Å²) in [5.74, 6) is 1.31. The van der Waals surface area contributed by atoms with Gasteiger partial charge in [-0.15, -0.1) is 0 Å². The number of hydrogen-bond donors (Lipinski definition) is 0. The molecule has 0 aromatic heterocycles. The summed E-state index contributed by atoms with van der Waals surface area (Å²) in [5.41, 5.74) is 1.49. The van der Waals surface area contributed by atoms with Crippen molar-refractivity contribution in [3.05, 3.63) is 23.3 Å². The number of ether oxygens (including phenoxy) is 2. The largest absolute Gasteiger partial charge is 0.496 e. The van der Waals surface area contributed by atoms with Crippen LogP contribution in [0.2, 0.25) is 0 Å². The minimum atomic E-state index is 0.535. The lowest BCUT2D eigenvalue weighted by Crippen LogP contribution is -1.98. The molecule has 1 rings (SSSR count). The van der Waals surface area contributed by atoms with Crippen molar-refractivity contribution in [1.82, 2.24) is 0 Å². The Morgan fingerprint density at radius 2 is 2.07 bits per heavy atom. The number of aryl methyl sites for hydroxylation is 1. The van der Waals surface area contributed by atoms with Gasteiger partial charge >= 0.3 is 0 Å². The molecule has 0 fully saturated rings. The average Bonchev–Trinajstić information content (AvgIpc) is 2.20. The van der Waals surface area contributed by atoms with Gasteiger partial charge in [0, 0.05) is 6.07 Å². The number of carbonyl (C=O) groups is 1. The normalized spacial score (nSPS) is 9.64. The van der Waals surface area contributed by atoms with Gasteiger partial charge < -0.3 is 9.47 Å². The van der Waals surface area contributed by atoms with Gasteiger partial charge in [-0.3, -0.25) is 4.79 Å². The molecule has 0 saturated heterocycles. The molecule has 1 aromatic carbocycles. The molecule has 0 atom stereocenters. The first kappa shape index (κ1) is 10.6. The van der Waals surface area contributed by atoms with Crippen LogP contribution in [0.3, 0.4) is 0 Å². The van der Waals surface area contributed by atoms with Crippen LogP contribution < -0.4 is 9.47 Å². The summed E-state index contributed by atoms with van der Waals surface area (Å²) in [6, 6.07) is 3.50. The third kappa shape index (κ3) is 2.05. The highest BCUT2D eigenvalue weighted by Crippen LogP contribution is 2.27. The number of hydrogen-bond acceptors (Lipinski definition) is 3. The van der Waals surface area contributed by atoms with Crippen LogP contribution >= 0.6 is 0 Å². The molecule has 0 heterocycles. The molecule has 3 nitrogen and oxygen atoms in total. The van der Waals surface area contributed by atoms with Crippen LogP contribution in [-0.2, 0) is 0 Å². The van der Waals surface area contributed by atoms with E-state index >= 15 is 0 Å². The van der Waals surface area contributed by atoms with E-state index in [1.165, 1.54) is 0 Å². The van der Waals surface area contributed by atoms with Gasteiger partial charge in [-0.25, -0.2) is 0 Å². The molecule has 0 aliphatic heterocycles. The molecule has 76 valence electrons. The lowest BCUT2D eigenvalue weighted by atomic mass is 10.1. The Hall–Kier alpha value is -1.51. The fraction of sp³-hybridized carbons (Fsp3) is 0.364. The molecule has 0 radical (unpaired) electrons. The smallest absolute Gasteiger partial charge is 0.153 e. The maximum atomic E-state index is 10.7. The molecule has 0 amide bonds. The summed E-state index contributed by atoms with van der Waals surface area (Å²) < 4.78 is 10.4. The lowest BCUT2D eigenvalue weighted by molar-refractivity contribution is 0.111. The topological polar surface area (TPSA) is 35.5 Å². The van der Waals surface area contributed by atoms with Gasteiger partial charge in [-0.2, -0.15) is 0 Å². The standard InChI is InChI=1S/C11H14O3/c1-4-14-11-6-10(13-3)8(2)5-9(11)7-12/h5-7H,4H2,1-3H3. The molecule has 3 heteroatoms. The van der Waals surface area contributed by atoms with Gasteiger partial charge in [0.25, 0.3) is 0 Å². The molecule has 0 saturated carbocycles. The minimum absolute atomic E-state index is 0.535. The van der Waals surface area contributed by atoms with E-state index in [0.29, 0.717) is 17.9 Å². The molecular formula is C11H14O3. The van der Waals surface area contributed by atoms with E-state index in [4.69, 9.17) is 9.47 Å². The van der Waals surface area contributed by atoms with Gasteiger partial charge in [0.05, 0.1) is 19.3 Å². The fourth-order valence-electron chi connectivity index (χ4n) is 1.28. The molecule has 0 N–H and O–H groups in total. The molecule has 0 spiro atoms. The molecule has 0 unspecified atom stereocenters. The van der Waals surface area contributed by atoms with Gasteiger partial charge in [0.1, 0.15) is 11.5 Å². The highest BCUT2D eigenvalue weighted by atomic mass is 16.5. The van der Waals surface area contributed by atoms with E-state index in [1.54, 1.807) is 19.2 Å². The van der Waals surface area contributed by atoms with Crippen molar-refractivity contribution >= 4 is 6.29 Å². The quantitative estimate of drug-likeness (QED) is 0.689. The number of benzene rings is 1. The van der Waals surface area contributed by atoms with Crippen LogP contribution in [0.4, 0.5) is 0 Å². The summed E-state index contributed by atoms with van der Waals surface area (Å²) in [6.45, 7) is 4.30. The SMILES string of the molecule is CCOc1cc(OC)c(C)cc1C=O. The highest BCUT2D eigenvalue weighted by molar-refractivity contribution is 5.80. The van der Waals surface area contributed by atoms with Crippen molar-refractivity contribution in [2.24, 2.45) is 0 Å². The van der Waals surface area contributed by atoms with Crippen molar-refractivity contribution in [3.63, 3.8) is 0 Å². The predicted octanol–water partition coefficient (Wildman–Crippen LogP) is 2.21. The Labute approximate surface area is 83.6 Å². The van der Waals surface area contributed by atoms with Gasteiger partial charge in [-0.05, 0) is 25.5 Å². The third-order valence-electron chi connectivity index (χ3n) is 1.95. The zero-order chi connectivity index (χ0) is 10.6. The summed E-state index contributed by atoms with van der Waals surface area (Å²) in [7, 11) is 1.60. The third-order valence-corrected chi connectivity index (χ3v) is 1.95. The lowest BCUT2D eigenvalue weighted by Gasteiger charge is -2.10. The van der Waals surface area contributed by atoms with E-state index < -0.39 is 0 Å². The predicted molar refractivity (Wildman–Crippen MR) is 54.3 cm³/mol. The maximum absolute atomic E-state index is 10.7. The average molecular weight is 194 g/mol. The van der Waals surface area contributed by atoms with Crippen molar-refractivity contribution in [2.75, 3.05) is 13.7 Å².